The molecule has 156 valence electrons. The van der Waals surface area contributed by atoms with Gasteiger partial charge < -0.3 is 19.5 Å². The van der Waals surface area contributed by atoms with Crippen LogP contribution < -0.4 is 9.64 Å². The van der Waals surface area contributed by atoms with Crippen molar-refractivity contribution >= 4 is 18.2 Å². The molecular weight excluding hydrogens is 392 g/mol. The van der Waals surface area contributed by atoms with Crippen LogP contribution in [0.15, 0.2) is 36.9 Å². The summed E-state index contributed by atoms with van der Waals surface area (Å²) in [6.07, 6.45) is 1.57. The van der Waals surface area contributed by atoms with Crippen LogP contribution in [0.3, 0.4) is 0 Å². The van der Waals surface area contributed by atoms with Crippen molar-refractivity contribution in [1.29, 1.82) is 0 Å². The van der Waals surface area contributed by atoms with Crippen molar-refractivity contribution in [1.82, 2.24) is 14.3 Å². The van der Waals surface area contributed by atoms with Crippen LogP contribution in [0.4, 0.5) is 0 Å². The summed E-state index contributed by atoms with van der Waals surface area (Å²) >= 11 is 5.59. The lowest BCUT2D eigenvalue weighted by molar-refractivity contribution is -0.928. The molecule has 0 saturated carbocycles. The van der Waals surface area contributed by atoms with E-state index >= 15 is 0 Å². The largest absolute Gasteiger partial charge is 0.486 e. The van der Waals surface area contributed by atoms with Gasteiger partial charge in [-0.3, -0.25) is 4.57 Å². The molecule has 2 aromatic rings. The monoisotopic (exact) mass is 419 g/mol. The molecule has 1 aliphatic rings. The van der Waals surface area contributed by atoms with Gasteiger partial charge in [0, 0.05) is 13.0 Å². The Labute approximate surface area is 175 Å². The second-order valence-electron chi connectivity index (χ2n) is 7.19. The molecule has 8 nitrogen and oxygen atoms in total. The molecule has 9 heteroatoms. The maximum absolute atomic E-state index is 12.1. The number of quaternary nitrogens is 1. The minimum atomic E-state index is -0.553. The highest BCUT2D eigenvalue weighted by atomic mass is 32.1. The smallest absolute Gasteiger partial charge is 0.364 e. The van der Waals surface area contributed by atoms with Crippen molar-refractivity contribution in [3.63, 3.8) is 0 Å². The van der Waals surface area contributed by atoms with Crippen LogP contribution in [0.2, 0.25) is 0 Å². The molecule has 0 radical (unpaired) electrons. The number of nitrogens with one attached hydrogen (secondary N) is 1. The van der Waals surface area contributed by atoms with Crippen molar-refractivity contribution in [3.05, 3.63) is 53.1 Å². The number of nitrogens with zero attached hydrogens (tertiary/aromatic N) is 3. The topological polar surface area (TPSA) is 83.0 Å². The third-order valence-electron chi connectivity index (χ3n) is 5.01. The summed E-state index contributed by atoms with van der Waals surface area (Å²) in [7, 11) is 1.36. The second-order valence-corrected chi connectivity index (χ2v) is 7.55. The van der Waals surface area contributed by atoms with Gasteiger partial charge in [0.15, 0.2) is 18.5 Å². The fourth-order valence-corrected chi connectivity index (χ4v) is 3.89. The number of likely N-dealkylation sites (tertiary alicyclic amines) is 1. The van der Waals surface area contributed by atoms with Gasteiger partial charge in [0.2, 0.25) is 4.77 Å². The lowest BCUT2D eigenvalue weighted by Crippen LogP contribution is -3.14. The highest BCUT2D eigenvalue weighted by Crippen LogP contribution is 2.14. The van der Waals surface area contributed by atoms with E-state index in [1.807, 2.05) is 35.8 Å². The Morgan fingerprint density at radius 1 is 1.52 bits per heavy atom. The molecular formula is C20H27N4O4S+. The van der Waals surface area contributed by atoms with E-state index < -0.39 is 12.1 Å². The van der Waals surface area contributed by atoms with Gasteiger partial charge in [0.1, 0.15) is 25.0 Å². The predicted octanol–water partition coefficient (Wildman–Crippen LogP) is 0.636. The van der Waals surface area contributed by atoms with Gasteiger partial charge in [0.25, 0.3) is 0 Å². The molecule has 1 saturated heterocycles. The molecule has 1 fully saturated rings. The Hall–Kier alpha value is -2.49. The Bertz CT molecular complexity index is 939. The number of esters is 1. The molecule has 1 aliphatic heterocycles. The maximum Gasteiger partial charge on any atom is 0.364 e. The maximum atomic E-state index is 12.1. The first-order valence-corrected chi connectivity index (χ1v) is 9.91. The van der Waals surface area contributed by atoms with Crippen LogP contribution in [0, 0.1) is 11.7 Å². The number of aliphatic hydroxyl groups excluding tert-OH is 1. The van der Waals surface area contributed by atoms with Gasteiger partial charge >= 0.3 is 5.97 Å². The summed E-state index contributed by atoms with van der Waals surface area (Å²) in [5.74, 6) is 1.09. The van der Waals surface area contributed by atoms with Crippen molar-refractivity contribution in [2.45, 2.75) is 45.3 Å². The number of carbonyl (C=O) groups excluding carboxylic acids is 1. The second kappa shape index (κ2) is 9.34. The van der Waals surface area contributed by atoms with E-state index in [9.17, 15) is 9.90 Å². The zero-order chi connectivity index (χ0) is 21.0. The molecule has 0 aliphatic carbocycles. The van der Waals surface area contributed by atoms with Gasteiger partial charge in [-0.1, -0.05) is 18.2 Å². The van der Waals surface area contributed by atoms with Crippen LogP contribution >= 0.6 is 12.2 Å². The molecule has 3 rings (SSSR count). The van der Waals surface area contributed by atoms with Crippen LogP contribution in [0.25, 0.3) is 0 Å². The average Bonchev–Trinajstić information content (AvgIpc) is 3.21. The lowest BCUT2D eigenvalue weighted by Gasteiger charge is -2.18. The number of carbonyl (C=O) groups is 1. The number of methoxy groups -OCH3 is 1. The first-order chi connectivity index (χ1) is 13.9. The van der Waals surface area contributed by atoms with E-state index in [-0.39, 0.29) is 12.6 Å². The molecule has 1 unspecified atom stereocenters. The Morgan fingerprint density at radius 3 is 3.00 bits per heavy atom. The average molecular weight is 420 g/mol. The van der Waals surface area contributed by atoms with Crippen molar-refractivity contribution in [2.75, 3.05) is 13.7 Å². The first-order valence-electron chi connectivity index (χ1n) is 9.50. The van der Waals surface area contributed by atoms with Crippen LogP contribution in [-0.4, -0.2) is 51.2 Å². The Morgan fingerprint density at radius 2 is 2.31 bits per heavy atom. The zero-order valence-corrected chi connectivity index (χ0v) is 17.5. The summed E-state index contributed by atoms with van der Waals surface area (Å²) in [5, 5.41) is 14.6. The Kier molecular flexibility index (Phi) is 6.83. The molecule has 2 N–H and O–H groups in total. The minimum Gasteiger partial charge on any atom is -0.486 e. The normalized spacial score (nSPS) is 21.1. The molecule has 3 atom stereocenters. The van der Waals surface area contributed by atoms with Crippen molar-refractivity contribution in [3.8, 4) is 5.75 Å². The molecule has 0 spiro atoms. The molecule has 29 heavy (non-hydrogen) atoms. The van der Waals surface area contributed by atoms with Crippen LogP contribution in [0.1, 0.15) is 17.8 Å². The number of hydrogen-bond donors (Lipinski definition) is 2. The number of ether oxygens (including phenoxy) is 2. The SMILES string of the molecule is C=CCn1c(COc2cccc(C)c2)nn(C[NH+]2C[C@H](O)C[C@H]2C(=O)OC)c1=S. The van der Waals surface area contributed by atoms with E-state index in [0.717, 1.165) is 16.2 Å². The number of benzene rings is 1. The summed E-state index contributed by atoms with van der Waals surface area (Å²) in [4.78, 5) is 12.9. The van der Waals surface area contributed by atoms with E-state index in [1.165, 1.54) is 7.11 Å². The van der Waals surface area contributed by atoms with Crippen molar-refractivity contribution < 1.29 is 24.3 Å². The number of aliphatic hydroxyl groups is 1. The fraction of sp³-hybridized carbons (Fsp3) is 0.450. The van der Waals surface area contributed by atoms with Gasteiger partial charge in [-0.05, 0) is 36.8 Å². The van der Waals surface area contributed by atoms with Gasteiger partial charge in [0.05, 0.1) is 7.11 Å². The lowest BCUT2D eigenvalue weighted by atomic mass is 10.2. The summed E-state index contributed by atoms with van der Waals surface area (Å²) in [6.45, 7) is 7.35. The van der Waals surface area contributed by atoms with Gasteiger partial charge in [-0.2, -0.15) is 4.68 Å². The van der Waals surface area contributed by atoms with Gasteiger partial charge in [-0.15, -0.1) is 11.7 Å². The third-order valence-corrected chi connectivity index (χ3v) is 5.44. The molecule has 1 aromatic carbocycles. The highest BCUT2D eigenvalue weighted by Gasteiger charge is 2.41. The number of allylic oxidation sites excluding steroid dienone is 1. The standard InChI is InChI=1S/C20H26N4O4S/c1-4-8-23-18(12-28-16-7-5-6-14(2)9-16)21-24(20(23)29)13-22-11-15(25)10-17(22)19(26)27-3/h4-7,9,15,17,25H,1,8,10-13H2,2-3H3/p+1/t15-,17+/m1/s1. The summed E-state index contributed by atoms with van der Waals surface area (Å²) < 4.78 is 14.8. The quantitative estimate of drug-likeness (QED) is 0.371. The van der Waals surface area contributed by atoms with E-state index in [0.29, 0.717) is 36.8 Å². The van der Waals surface area contributed by atoms with E-state index in [4.69, 9.17) is 21.7 Å². The van der Waals surface area contributed by atoms with Crippen LogP contribution in [0.5, 0.6) is 5.75 Å². The zero-order valence-electron chi connectivity index (χ0n) is 16.7. The highest BCUT2D eigenvalue weighted by molar-refractivity contribution is 7.71. The molecule has 0 amide bonds. The molecule has 1 aromatic heterocycles. The van der Waals surface area contributed by atoms with Crippen molar-refractivity contribution in [2.24, 2.45) is 0 Å². The number of rotatable bonds is 8. The van der Waals surface area contributed by atoms with Gasteiger partial charge in [-0.25, -0.2) is 4.79 Å². The summed E-state index contributed by atoms with van der Waals surface area (Å²) in [5.41, 5.74) is 1.11. The van der Waals surface area contributed by atoms with E-state index in [1.54, 1.807) is 10.8 Å². The first kappa shape index (κ1) is 21.2. The number of aromatic nitrogens is 3. The minimum absolute atomic E-state index is 0.256. The fourth-order valence-electron chi connectivity index (χ4n) is 3.60. The number of hydrogen-bond acceptors (Lipinski definition) is 6. The Balaban J connectivity index is 1.80. The van der Waals surface area contributed by atoms with E-state index in [2.05, 4.69) is 11.7 Å². The van der Waals surface area contributed by atoms with Crippen LogP contribution in [-0.2, 0) is 29.4 Å². The number of aryl methyl sites for hydroxylation is 1. The molecule has 0 bridgehead atoms. The predicted molar refractivity (Wildman–Crippen MR) is 109 cm³/mol. The molecule has 2 heterocycles. The third kappa shape index (κ3) is 4.92. The summed E-state index contributed by atoms with van der Waals surface area (Å²) in [6, 6.07) is 7.36.